The monoisotopic (exact) mass is 206 g/mol. The van der Waals surface area contributed by atoms with E-state index in [-0.39, 0.29) is 18.5 Å². The summed E-state index contributed by atoms with van der Waals surface area (Å²) in [6.45, 7) is 2.47. The van der Waals surface area contributed by atoms with E-state index in [0.29, 0.717) is 6.54 Å². The lowest BCUT2D eigenvalue weighted by molar-refractivity contribution is -0.120. The molecule has 1 heterocycles. The first kappa shape index (κ1) is 11.3. The molecule has 15 heavy (non-hydrogen) atoms. The van der Waals surface area contributed by atoms with E-state index in [2.05, 4.69) is 16.6 Å². The Kier molecular flexibility index (Phi) is 4.45. The van der Waals surface area contributed by atoms with E-state index >= 15 is 0 Å². The van der Waals surface area contributed by atoms with Crippen LogP contribution < -0.4 is 10.6 Å². The molecule has 0 fully saturated rings. The second-order valence-corrected chi connectivity index (χ2v) is 3.11. The summed E-state index contributed by atoms with van der Waals surface area (Å²) in [5, 5.41) is 5.58. The average molecular weight is 206 g/mol. The highest BCUT2D eigenvalue weighted by Gasteiger charge is 2.10. The van der Waals surface area contributed by atoms with Crippen molar-refractivity contribution in [3.05, 3.63) is 24.2 Å². The first-order valence-electron chi connectivity index (χ1n) is 4.71. The first-order chi connectivity index (χ1) is 7.24. The minimum Gasteiger partial charge on any atom is -0.467 e. The minimum atomic E-state index is -0.125. The fourth-order valence-corrected chi connectivity index (χ4v) is 1.15. The van der Waals surface area contributed by atoms with Crippen molar-refractivity contribution < 1.29 is 9.21 Å². The van der Waals surface area contributed by atoms with Crippen LogP contribution in [0.3, 0.4) is 0 Å². The van der Waals surface area contributed by atoms with Crippen LogP contribution in [0.5, 0.6) is 0 Å². The Hall–Kier alpha value is -1.73. The zero-order valence-corrected chi connectivity index (χ0v) is 8.62. The molecule has 0 aromatic carbocycles. The Morgan fingerprint density at radius 2 is 2.53 bits per heavy atom. The van der Waals surface area contributed by atoms with Gasteiger partial charge < -0.3 is 9.73 Å². The SMILES string of the molecule is C#CCNCC(=O)N[C@H](C)c1ccco1. The highest BCUT2D eigenvalue weighted by molar-refractivity contribution is 5.78. The number of terminal acetylenes is 1. The zero-order chi connectivity index (χ0) is 11.1. The fraction of sp³-hybridized carbons (Fsp3) is 0.364. The highest BCUT2D eigenvalue weighted by atomic mass is 16.3. The van der Waals surface area contributed by atoms with E-state index in [1.54, 1.807) is 12.3 Å². The summed E-state index contributed by atoms with van der Waals surface area (Å²) >= 11 is 0. The van der Waals surface area contributed by atoms with Gasteiger partial charge in [-0.1, -0.05) is 5.92 Å². The van der Waals surface area contributed by atoms with Gasteiger partial charge >= 0.3 is 0 Å². The molecule has 1 atom stereocenters. The van der Waals surface area contributed by atoms with Crippen LogP contribution in [0, 0.1) is 12.3 Å². The van der Waals surface area contributed by atoms with Crippen molar-refractivity contribution in [3.63, 3.8) is 0 Å². The van der Waals surface area contributed by atoms with Gasteiger partial charge in [0.25, 0.3) is 0 Å². The number of amides is 1. The predicted molar refractivity (Wildman–Crippen MR) is 57.0 cm³/mol. The summed E-state index contributed by atoms with van der Waals surface area (Å²) in [5.41, 5.74) is 0. The van der Waals surface area contributed by atoms with Crippen LogP contribution in [0.2, 0.25) is 0 Å². The molecule has 0 radical (unpaired) electrons. The minimum absolute atomic E-state index is 0.103. The maximum atomic E-state index is 11.3. The van der Waals surface area contributed by atoms with E-state index < -0.39 is 0 Å². The molecule has 2 N–H and O–H groups in total. The normalized spacial score (nSPS) is 11.7. The summed E-state index contributed by atoms with van der Waals surface area (Å²) in [5.74, 6) is 3.03. The van der Waals surface area contributed by atoms with Gasteiger partial charge in [0.1, 0.15) is 5.76 Å². The Labute approximate surface area is 89.0 Å². The molecule has 80 valence electrons. The molecule has 0 saturated heterocycles. The zero-order valence-electron chi connectivity index (χ0n) is 8.62. The average Bonchev–Trinajstić information content (AvgIpc) is 2.70. The molecular weight excluding hydrogens is 192 g/mol. The second kappa shape index (κ2) is 5.89. The maximum Gasteiger partial charge on any atom is 0.234 e. The number of nitrogens with one attached hydrogen (secondary N) is 2. The first-order valence-corrected chi connectivity index (χ1v) is 4.71. The van der Waals surface area contributed by atoms with E-state index in [4.69, 9.17) is 10.8 Å². The summed E-state index contributed by atoms with van der Waals surface area (Å²) in [6, 6.07) is 3.48. The molecule has 1 amide bonds. The second-order valence-electron chi connectivity index (χ2n) is 3.11. The van der Waals surface area contributed by atoms with Crippen molar-refractivity contribution in [2.45, 2.75) is 13.0 Å². The molecule has 4 nitrogen and oxygen atoms in total. The van der Waals surface area contributed by atoms with Crippen LogP contribution in [0.25, 0.3) is 0 Å². The summed E-state index contributed by atoms with van der Waals surface area (Å²) in [4.78, 5) is 11.3. The Morgan fingerprint density at radius 3 is 3.13 bits per heavy atom. The lowest BCUT2D eigenvalue weighted by atomic mass is 10.2. The smallest absolute Gasteiger partial charge is 0.234 e. The Balaban J connectivity index is 2.29. The summed E-state index contributed by atoms with van der Waals surface area (Å²) in [6.07, 6.45) is 6.61. The third-order valence-electron chi connectivity index (χ3n) is 1.86. The van der Waals surface area contributed by atoms with Crippen molar-refractivity contribution in [2.24, 2.45) is 0 Å². The molecule has 1 aromatic rings. The van der Waals surface area contributed by atoms with Crippen LogP contribution in [0.1, 0.15) is 18.7 Å². The standard InChI is InChI=1S/C11H14N2O2/c1-3-6-12-8-11(14)13-9(2)10-5-4-7-15-10/h1,4-5,7,9,12H,6,8H2,2H3,(H,13,14)/t9-/m1/s1. The van der Waals surface area contributed by atoms with E-state index in [1.165, 1.54) is 0 Å². The summed E-state index contributed by atoms with van der Waals surface area (Å²) < 4.78 is 5.15. The van der Waals surface area contributed by atoms with Crippen LogP contribution in [0.4, 0.5) is 0 Å². The molecular formula is C11H14N2O2. The van der Waals surface area contributed by atoms with Crippen LogP contribution in [-0.2, 0) is 4.79 Å². The van der Waals surface area contributed by atoms with Gasteiger partial charge in [-0.2, -0.15) is 0 Å². The van der Waals surface area contributed by atoms with Crippen LogP contribution >= 0.6 is 0 Å². The van der Waals surface area contributed by atoms with Gasteiger partial charge in [0.2, 0.25) is 5.91 Å². The molecule has 0 aliphatic heterocycles. The topological polar surface area (TPSA) is 54.3 Å². The van der Waals surface area contributed by atoms with Crippen LogP contribution in [0.15, 0.2) is 22.8 Å². The van der Waals surface area contributed by atoms with E-state index in [0.717, 1.165) is 5.76 Å². The third kappa shape index (κ3) is 3.88. The van der Waals surface area contributed by atoms with Crippen molar-refractivity contribution in [2.75, 3.05) is 13.1 Å². The van der Waals surface area contributed by atoms with Crippen molar-refractivity contribution >= 4 is 5.91 Å². The number of hydrogen-bond donors (Lipinski definition) is 2. The number of hydrogen-bond acceptors (Lipinski definition) is 3. The van der Waals surface area contributed by atoms with Gasteiger partial charge in [-0.3, -0.25) is 10.1 Å². The maximum absolute atomic E-state index is 11.3. The molecule has 4 heteroatoms. The highest BCUT2D eigenvalue weighted by Crippen LogP contribution is 2.11. The van der Waals surface area contributed by atoms with Crippen molar-refractivity contribution in [1.29, 1.82) is 0 Å². The van der Waals surface area contributed by atoms with Crippen molar-refractivity contribution in [3.8, 4) is 12.3 Å². The third-order valence-corrected chi connectivity index (χ3v) is 1.86. The molecule has 0 aliphatic rings. The summed E-state index contributed by atoms with van der Waals surface area (Å²) in [7, 11) is 0. The molecule has 1 rings (SSSR count). The van der Waals surface area contributed by atoms with E-state index in [1.807, 2.05) is 13.0 Å². The quantitative estimate of drug-likeness (QED) is 0.550. The van der Waals surface area contributed by atoms with Gasteiger partial charge in [0.15, 0.2) is 0 Å². The predicted octanol–water partition coefficient (Wildman–Crippen LogP) is 0.680. The Morgan fingerprint density at radius 1 is 1.73 bits per heavy atom. The fourth-order valence-electron chi connectivity index (χ4n) is 1.15. The number of carbonyl (C=O) groups excluding carboxylic acids is 1. The largest absolute Gasteiger partial charge is 0.467 e. The molecule has 0 spiro atoms. The molecule has 0 unspecified atom stereocenters. The van der Waals surface area contributed by atoms with Gasteiger partial charge in [-0.25, -0.2) is 0 Å². The lowest BCUT2D eigenvalue weighted by Gasteiger charge is -2.11. The lowest BCUT2D eigenvalue weighted by Crippen LogP contribution is -2.35. The van der Waals surface area contributed by atoms with Gasteiger partial charge in [0, 0.05) is 0 Å². The molecule has 0 saturated carbocycles. The molecule has 0 bridgehead atoms. The van der Waals surface area contributed by atoms with Gasteiger partial charge in [-0.15, -0.1) is 6.42 Å². The Bertz CT molecular complexity index is 338. The number of carbonyl (C=O) groups is 1. The molecule has 0 aliphatic carbocycles. The molecule has 1 aromatic heterocycles. The number of rotatable bonds is 5. The van der Waals surface area contributed by atoms with E-state index in [9.17, 15) is 4.79 Å². The number of furan rings is 1. The van der Waals surface area contributed by atoms with Gasteiger partial charge in [0.05, 0.1) is 25.4 Å². The van der Waals surface area contributed by atoms with Crippen LogP contribution in [-0.4, -0.2) is 19.0 Å². The van der Waals surface area contributed by atoms with Gasteiger partial charge in [-0.05, 0) is 19.1 Å². The van der Waals surface area contributed by atoms with Crippen molar-refractivity contribution in [1.82, 2.24) is 10.6 Å².